The van der Waals surface area contributed by atoms with Crippen molar-refractivity contribution in [2.24, 2.45) is 0 Å². The van der Waals surface area contributed by atoms with Crippen molar-refractivity contribution in [3.8, 4) is 28.3 Å². The maximum Gasteiger partial charge on any atom is 0.364 e. The Morgan fingerprint density at radius 1 is 0.765 bits per heavy atom. The number of aliphatic hydroxyl groups excluding tert-OH is 1. The molecule has 0 spiro atoms. The Morgan fingerprint density at radius 2 is 1.38 bits per heavy atom. The molecular formula is C28H23N3O3. The molecule has 5 aromatic rings. The molecule has 0 fully saturated rings. The molecule has 1 heterocycles. The number of hydrogen-bond donors (Lipinski definition) is 1. The van der Waals surface area contributed by atoms with Gasteiger partial charge in [-0.05, 0) is 11.5 Å². The van der Waals surface area contributed by atoms with Crippen LogP contribution in [0.4, 0.5) is 0 Å². The Morgan fingerprint density at radius 3 is 2.12 bits per heavy atom. The van der Waals surface area contributed by atoms with Crippen molar-refractivity contribution >= 4 is 10.8 Å². The third kappa shape index (κ3) is 4.58. The van der Waals surface area contributed by atoms with Gasteiger partial charge in [-0.2, -0.15) is 10.1 Å². The molecule has 4 aromatic carbocycles. The van der Waals surface area contributed by atoms with Gasteiger partial charge in [0.15, 0.2) is 0 Å². The van der Waals surface area contributed by atoms with Gasteiger partial charge in [0.05, 0.1) is 6.54 Å². The Labute approximate surface area is 196 Å². The Kier molecular flexibility index (Phi) is 6.14. The third-order valence-electron chi connectivity index (χ3n) is 5.53. The van der Waals surface area contributed by atoms with E-state index < -0.39 is 11.8 Å². The van der Waals surface area contributed by atoms with Gasteiger partial charge < -0.3 is 9.84 Å². The molecule has 0 aliphatic rings. The monoisotopic (exact) mass is 449 g/mol. The van der Waals surface area contributed by atoms with E-state index in [2.05, 4.69) is 10.1 Å². The summed E-state index contributed by atoms with van der Waals surface area (Å²) in [6.07, 6.45) is -0.947. The van der Waals surface area contributed by atoms with Crippen LogP contribution in [0.25, 0.3) is 33.3 Å². The van der Waals surface area contributed by atoms with E-state index in [4.69, 9.17) is 4.74 Å². The van der Waals surface area contributed by atoms with E-state index in [-0.39, 0.29) is 13.2 Å². The van der Waals surface area contributed by atoms with Gasteiger partial charge in [-0.1, -0.05) is 97.1 Å². The summed E-state index contributed by atoms with van der Waals surface area (Å²) in [5.74, 6) is 0.681. The number of nitrogens with zero attached hydrogens (tertiary/aromatic N) is 3. The molecule has 0 amide bonds. The van der Waals surface area contributed by atoms with Crippen molar-refractivity contribution < 1.29 is 9.84 Å². The van der Waals surface area contributed by atoms with Crippen LogP contribution >= 0.6 is 0 Å². The first-order chi connectivity index (χ1) is 16.7. The number of benzene rings is 4. The number of hydrogen-bond acceptors (Lipinski definition) is 5. The van der Waals surface area contributed by atoms with Crippen LogP contribution < -0.4 is 10.4 Å². The molecule has 1 aromatic heterocycles. The molecule has 0 radical (unpaired) electrons. The number of aliphatic hydroxyl groups is 1. The molecule has 0 aliphatic heterocycles. The zero-order valence-electron chi connectivity index (χ0n) is 18.4. The zero-order chi connectivity index (χ0) is 23.3. The van der Waals surface area contributed by atoms with E-state index in [1.807, 2.05) is 103 Å². The van der Waals surface area contributed by atoms with Gasteiger partial charge in [0.2, 0.25) is 0 Å². The maximum absolute atomic E-state index is 12.8. The Hall–Kier alpha value is -4.29. The van der Waals surface area contributed by atoms with E-state index in [1.165, 1.54) is 4.68 Å². The third-order valence-corrected chi connectivity index (χ3v) is 5.53. The lowest BCUT2D eigenvalue weighted by molar-refractivity contribution is 0.0883. The first-order valence-corrected chi connectivity index (χ1v) is 11.1. The van der Waals surface area contributed by atoms with Crippen LogP contribution in [0.5, 0.6) is 5.75 Å². The van der Waals surface area contributed by atoms with Crippen molar-refractivity contribution in [1.82, 2.24) is 14.8 Å². The Balaban J connectivity index is 1.42. The van der Waals surface area contributed by atoms with Gasteiger partial charge >= 0.3 is 5.69 Å². The summed E-state index contributed by atoms with van der Waals surface area (Å²) in [5.41, 5.74) is 2.20. The molecule has 6 nitrogen and oxygen atoms in total. The van der Waals surface area contributed by atoms with E-state index in [9.17, 15) is 9.90 Å². The van der Waals surface area contributed by atoms with Crippen LogP contribution in [-0.4, -0.2) is 32.6 Å². The molecule has 168 valence electrons. The first kappa shape index (κ1) is 21.6. The maximum atomic E-state index is 12.8. The molecule has 1 N–H and O–H groups in total. The van der Waals surface area contributed by atoms with Crippen LogP contribution in [0, 0.1) is 0 Å². The molecule has 6 heteroatoms. The topological polar surface area (TPSA) is 77.2 Å². The predicted molar refractivity (Wildman–Crippen MR) is 133 cm³/mol. The van der Waals surface area contributed by atoms with Gasteiger partial charge in [-0.15, -0.1) is 0 Å². The van der Waals surface area contributed by atoms with E-state index >= 15 is 0 Å². The van der Waals surface area contributed by atoms with Crippen LogP contribution in [0.15, 0.2) is 108 Å². The second kappa shape index (κ2) is 9.68. The summed E-state index contributed by atoms with van der Waals surface area (Å²) in [4.78, 5) is 17.1. The molecule has 0 aliphatic carbocycles. The normalized spacial score (nSPS) is 11.9. The van der Waals surface area contributed by atoms with Gasteiger partial charge in [0, 0.05) is 16.5 Å². The van der Waals surface area contributed by atoms with E-state index in [0.29, 0.717) is 17.1 Å². The van der Waals surface area contributed by atoms with Gasteiger partial charge in [-0.3, -0.25) is 0 Å². The summed E-state index contributed by atoms with van der Waals surface area (Å²) in [6.45, 7) is -0.0191. The van der Waals surface area contributed by atoms with E-state index in [1.54, 1.807) is 0 Å². The Bertz CT molecular complexity index is 1460. The average Bonchev–Trinajstić information content (AvgIpc) is 2.89. The summed E-state index contributed by atoms with van der Waals surface area (Å²) in [5, 5.41) is 17.3. The van der Waals surface area contributed by atoms with Crippen LogP contribution in [-0.2, 0) is 6.54 Å². The number of fused-ring (bicyclic) bond motifs is 1. The van der Waals surface area contributed by atoms with Crippen molar-refractivity contribution in [3.63, 3.8) is 0 Å². The molecule has 0 saturated carbocycles. The number of rotatable bonds is 7. The summed E-state index contributed by atoms with van der Waals surface area (Å²) < 4.78 is 7.09. The lowest BCUT2D eigenvalue weighted by Crippen LogP contribution is -2.34. The summed E-state index contributed by atoms with van der Waals surface area (Å²) >= 11 is 0. The van der Waals surface area contributed by atoms with Crippen molar-refractivity contribution in [2.75, 3.05) is 6.61 Å². The van der Waals surface area contributed by atoms with Crippen molar-refractivity contribution in [3.05, 3.63) is 114 Å². The average molecular weight is 450 g/mol. The standard InChI is InChI=1S/C28H23N3O3/c32-23(19-34-25-17-9-15-20-10-7-8-16-24(20)25)18-31-28(33)29-26(21-11-3-1-4-12-21)27(30-31)22-13-5-2-6-14-22/h1-17,23,32H,18-19H2. The minimum atomic E-state index is -0.947. The molecular weight excluding hydrogens is 426 g/mol. The second-order valence-electron chi connectivity index (χ2n) is 7.95. The van der Waals surface area contributed by atoms with Gasteiger partial charge in [0.1, 0.15) is 29.8 Å². The van der Waals surface area contributed by atoms with Crippen LogP contribution in [0.1, 0.15) is 0 Å². The number of aromatic nitrogens is 3. The molecule has 5 rings (SSSR count). The number of ether oxygens (including phenoxy) is 1. The fraction of sp³-hybridized carbons (Fsp3) is 0.107. The SMILES string of the molecule is O=c1nc(-c2ccccc2)c(-c2ccccc2)nn1CC(O)COc1cccc2ccccc12. The molecule has 0 bridgehead atoms. The van der Waals surface area contributed by atoms with E-state index in [0.717, 1.165) is 21.9 Å². The molecule has 34 heavy (non-hydrogen) atoms. The first-order valence-electron chi connectivity index (χ1n) is 11.1. The van der Waals surface area contributed by atoms with Crippen LogP contribution in [0.2, 0.25) is 0 Å². The highest BCUT2D eigenvalue weighted by atomic mass is 16.5. The quantitative estimate of drug-likeness (QED) is 0.394. The van der Waals surface area contributed by atoms with Crippen molar-refractivity contribution in [2.45, 2.75) is 12.6 Å². The van der Waals surface area contributed by atoms with Crippen LogP contribution in [0.3, 0.4) is 0 Å². The summed E-state index contributed by atoms with van der Waals surface area (Å²) in [6, 6.07) is 32.8. The second-order valence-corrected chi connectivity index (χ2v) is 7.95. The highest BCUT2D eigenvalue weighted by molar-refractivity contribution is 5.88. The van der Waals surface area contributed by atoms with Gasteiger partial charge in [-0.25, -0.2) is 9.48 Å². The highest BCUT2D eigenvalue weighted by Gasteiger charge is 2.17. The highest BCUT2D eigenvalue weighted by Crippen LogP contribution is 2.27. The zero-order valence-corrected chi connectivity index (χ0v) is 18.4. The fourth-order valence-electron chi connectivity index (χ4n) is 3.88. The predicted octanol–water partition coefficient (Wildman–Crippen LogP) is 4.57. The minimum Gasteiger partial charge on any atom is -0.490 e. The largest absolute Gasteiger partial charge is 0.490 e. The molecule has 0 saturated heterocycles. The fourth-order valence-corrected chi connectivity index (χ4v) is 3.88. The summed E-state index contributed by atoms with van der Waals surface area (Å²) in [7, 11) is 0. The van der Waals surface area contributed by atoms with Gasteiger partial charge in [0.25, 0.3) is 0 Å². The minimum absolute atomic E-state index is 0.0171. The lowest BCUT2D eigenvalue weighted by atomic mass is 10.0. The van der Waals surface area contributed by atoms with Crippen molar-refractivity contribution in [1.29, 1.82) is 0 Å². The smallest absolute Gasteiger partial charge is 0.364 e. The molecule has 1 atom stereocenters. The molecule has 1 unspecified atom stereocenters. The lowest BCUT2D eigenvalue weighted by Gasteiger charge is -2.16.